The van der Waals surface area contributed by atoms with Crippen molar-refractivity contribution in [3.63, 3.8) is 0 Å². The van der Waals surface area contributed by atoms with Crippen LogP contribution in [0.2, 0.25) is 5.02 Å². The number of aromatic amines is 1. The van der Waals surface area contributed by atoms with E-state index in [0.717, 1.165) is 11.2 Å². The molecule has 2 N–H and O–H groups in total. The van der Waals surface area contributed by atoms with Gasteiger partial charge in [0.25, 0.3) is 0 Å². The van der Waals surface area contributed by atoms with Gasteiger partial charge >= 0.3 is 0 Å². The number of ketones is 1. The van der Waals surface area contributed by atoms with Gasteiger partial charge in [0.1, 0.15) is 5.75 Å². The summed E-state index contributed by atoms with van der Waals surface area (Å²) in [6.07, 6.45) is 0. The Kier molecular flexibility index (Phi) is 2.20. The van der Waals surface area contributed by atoms with Crippen molar-refractivity contribution in [2.75, 3.05) is 0 Å². The average Bonchev–Trinajstić information content (AvgIpc) is 2.49. The van der Waals surface area contributed by atoms with Gasteiger partial charge in [-0.1, -0.05) is 11.6 Å². The third-order valence-electron chi connectivity index (χ3n) is 2.43. The predicted octanol–water partition coefficient (Wildman–Crippen LogP) is 3.04. The molecule has 1 aromatic heterocycles. The van der Waals surface area contributed by atoms with Gasteiger partial charge in [-0.3, -0.25) is 4.79 Å². The van der Waals surface area contributed by atoms with E-state index in [-0.39, 0.29) is 16.6 Å². The molecule has 3 nitrogen and oxygen atoms in total. The average molecular weight is 224 g/mol. The predicted molar refractivity (Wildman–Crippen MR) is 59.7 cm³/mol. The minimum Gasteiger partial charge on any atom is -0.506 e. The second-order valence-electron chi connectivity index (χ2n) is 3.50. The van der Waals surface area contributed by atoms with Crippen molar-refractivity contribution in [2.45, 2.75) is 13.8 Å². The molecule has 0 fully saturated rings. The third kappa shape index (κ3) is 1.39. The van der Waals surface area contributed by atoms with Crippen molar-refractivity contribution in [1.82, 2.24) is 4.98 Å². The maximum Gasteiger partial charge on any atom is 0.162 e. The van der Waals surface area contributed by atoms with Gasteiger partial charge in [-0.05, 0) is 26.0 Å². The quantitative estimate of drug-likeness (QED) is 0.730. The molecule has 0 spiro atoms. The molecule has 0 aliphatic rings. The molecule has 0 bridgehead atoms. The number of aryl methyl sites for hydroxylation is 1. The van der Waals surface area contributed by atoms with Gasteiger partial charge in [0.15, 0.2) is 5.78 Å². The number of rotatable bonds is 1. The van der Waals surface area contributed by atoms with Crippen molar-refractivity contribution in [2.24, 2.45) is 0 Å². The fourth-order valence-corrected chi connectivity index (χ4v) is 1.97. The van der Waals surface area contributed by atoms with E-state index in [0.29, 0.717) is 10.9 Å². The van der Waals surface area contributed by atoms with E-state index in [1.165, 1.54) is 6.92 Å². The lowest BCUT2D eigenvalue weighted by molar-refractivity contribution is 0.101. The van der Waals surface area contributed by atoms with E-state index in [4.69, 9.17) is 11.6 Å². The molecule has 15 heavy (non-hydrogen) atoms. The largest absolute Gasteiger partial charge is 0.506 e. The summed E-state index contributed by atoms with van der Waals surface area (Å²) < 4.78 is 0. The normalized spacial score (nSPS) is 10.9. The maximum absolute atomic E-state index is 11.4. The number of carbonyl (C=O) groups is 1. The van der Waals surface area contributed by atoms with E-state index in [9.17, 15) is 9.90 Å². The van der Waals surface area contributed by atoms with Crippen LogP contribution in [0.15, 0.2) is 12.1 Å². The lowest BCUT2D eigenvalue weighted by Crippen LogP contribution is -1.93. The molecule has 0 unspecified atom stereocenters. The number of halogens is 1. The summed E-state index contributed by atoms with van der Waals surface area (Å²) in [5.74, 6) is -0.125. The fraction of sp³-hybridized carbons (Fsp3) is 0.182. The Hall–Kier alpha value is -1.48. The molecule has 0 amide bonds. The van der Waals surface area contributed by atoms with Crippen LogP contribution >= 0.6 is 11.6 Å². The highest BCUT2D eigenvalue weighted by Crippen LogP contribution is 2.35. The van der Waals surface area contributed by atoms with Crippen LogP contribution in [0.3, 0.4) is 0 Å². The van der Waals surface area contributed by atoms with Crippen molar-refractivity contribution >= 4 is 28.3 Å². The Morgan fingerprint density at radius 1 is 1.47 bits per heavy atom. The first kappa shape index (κ1) is 10.1. The second-order valence-corrected chi connectivity index (χ2v) is 3.91. The summed E-state index contributed by atoms with van der Waals surface area (Å²) in [6, 6.07) is 3.34. The number of aromatic nitrogens is 1. The van der Waals surface area contributed by atoms with Gasteiger partial charge < -0.3 is 10.1 Å². The number of aromatic hydroxyl groups is 1. The first-order valence-electron chi connectivity index (χ1n) is 4.53. The van der Waals surface area contributed by atoms with Crippen LogP contribution < -0.4 is 0 Å². The zero-order valence-corrected chi connectivity index (χ0v) is 9.14. The Balaban J connectivity index is 2.96. The van der Waals surface area contributed by atoms with Crippen LogP contribution in [0, 0.1) is 6.92 Å². The minimum atomic E-state index is -0.0867. The van der Waals surface area contributed by atoms with Gasteiger partial charge in [0.2, 0.25) is 0 Å². The Morgan fingerprint density at radius 2 is 2.13 bits per heavy atom. The Bertz CT molecular complexity index is 557. The van der Waals surface area contributed by atoms with Gasteiger partial charge in [0, 0.05) is 11.3 Å². The molecule has 0 aliphatic heterocycles. The van der Waals surface area contributed by atoms with Crippen molar-refractivity contribution < 1.29 is 9.90 Å². The Labute approximate surface area is 91.7 Å². The monoisotopic (exact) mass is 223 g/mol. The topological polar surface area (TPSA) is 53.1 Å². The standard InChI is InChI=1S/C11H10ClNO2/c1-5-9(6(2)14)10-8(13-5)4-3-7(12)11(10)15/h3-4,13,15H,1-2H3. The summed E-state index contributed by atoms with van der Waals surface area (Å²) in [5, 5.41) is 10.6. The number of H-pyrrole nitrogens is 1. The number of phenolic OH excluding ortho intramolecular Hbond substituents is 1. The lowest BCUT2D eigenvalue weighted by Gasteiger charge is -2.00. The molecule has 0 saturated heterocycles. The van der Waals surface area contributed by atoms with E-state index in [1.54, 1.807) is 19.1 Å². The van der Waals surface area contributed by atoms with Crippen LogP contribution in [-0.2, 0) is 0 Å². The number of nitrogens with one attached hydrogen (secondary N) is 1. The zero-order chi connectivity index (χ0) is 11.2. The summed E-state index contributed by atoms with van der Waals surface area (Å²) >= 11 is 5.80. The number of benzene rings is 1. The molecule has 1 aromatic carbocycles. The number of carbonyl (C=O) groups excluding carboxylic acids is 1. The van der Waals surface area contributed by atoms with Crippen molar-refractivity contribution in [1.29, 1.82) is 0 Å². The van der Waals surface area contributed by atoms with E-state index < -0.39 is 0 Å². The second kappa shape index (κ2) is 3.28. The first-order chi connectivity index (χ1) is 7.02. The van der Waals surface area contributed by atoms with Gasteiger partial charge in [-0.25, -0.2) is 0 Å². The smallest absolute Gasteiger partial charge is 0.162 e. The van der Waals surface area contributed by atoms with Gasteiger partial charge in [0.05, 0.1) is 15.9 Å². The number of hydrogen-bond acceptors (Lipinski definition) is 2. The van der Waals surface area contributed by atoms with Crippen molar-refractivity contribution in [3.8, 4) is 5.75 Å². The van der Waals surface area contributed by atoms with Crippen LogP contribution in [0.4, 0.5) is 0 Å². The molecule has 0 saturated carbocycles. The fourth-order valence-electron chi connectivity index (χ4n) is 1.82. The maximum atomic E-state index is 11.4. The molecule has 0 atom stereocenters. The van der Waals surface area contributed by atoms with Crippen LogP contribution in [0.1, 0.15) is 23.0 Å². The number of fused-ring (bicyclic) bond motifs is 1. The first-order valence-corrected chi connectivity index (χ1v) is 4.91. The van der Waals surface area contributed by atoms with E-state index in [1.807, 2.05) is 0 Å². The third-order valence-corrected chi connectivity index (χ3v) is 2.73. The molecule has 4 heteroatoms. The van der Waals surface area contributed by atoms with Crippen LogP contribution in [0.25, 0.3) is 10.9 Å². The molecule has 78 valence electrons. The number of hydrogen-bond donors (Lipinski definition) is 2. The molecule has 1 heterocycles. The van der Waals surface area contributed by atoms with Gasteiger partial charge in [-0.2, -0.15) is 0 Å². The summed E-state index contributed by atoms with van der Waals surface area (Å²) in [5.41, 5.74) is 1.97. The highest BCUT2D eigenvalue weighted by molar-refractivity contribution is 6.33. The summed E-state index contributed by atoms with van der Waals surface area (Å²) in [6.45, 7) is 3.26. The lowest BCUT2D eigenvalue weighted by atomic mass is 10.1. The molecule has 2 rings (SSSR count). The van der Waals surface area contributed by atoms with Gasteiger partial charge in [-0.15, -0.1) is 0 Å². The highest BCUT2D eigenvalue weighted by Gasteiger charge is 2.17. The number of phenols is 1. The minimum absolute atomic E-state index is 0.0382. The Morgan fingerprint density at radius 3 is 2.73 bits per heavy atom. The van der Waals surface area contributed by atoms with E-state index >= 15 is 0 Å². The molecule has 0 aliphatic carbocycles. The number of Topliss-reactive ketones (excluding diaryl/α,β-unsaturated/α-hetero) is 1. The molecule has 2 aromatic rings. The SMILES string of the molecule is CC(=O)c1c(C)[nH]c2ccc(Cl)c(O)c12. The van der Waals surface area contributed by atoms with Crippen molar-refractivity contribution in [3.05, 3.63) is 28.4 Å². The summed E-state index contributed by atoms with van der Waals surface area (Å²) in [4.78, 5) is 14.5. The molecular formula is C11H10ClNO2. The molecule has 0 radical (unpaired) electrons. The van der Waals surface area contributed by atoms with Crippen LogP contribution in [0.5, 0.6) is 5.75 Å². The van der Waals surface area contributed by atoms with Crippen LogP contribution in [-0.4, -0.2) is 15.9 Å². The zero-order valence-electron chi connectivity index (χ0n) is 8.39. The highest BCUT2D eigenvalue weighted by atomic mass is 35.5. The molecular weight excluding hydrogens is 214 g/mol. The summed E-state index contributed by atoms with van der Waals surface area (Å²) in [7, 11) is 0. The van der Waals surface area contributed by atoms with E-state index in [2.05, 4.69) is 4.98 Å².